The van der Waals surface area contributed by atoms with Crippen molar-refractivity contribution in [1.29, 1.82) is 0 Å². The molecule has 7 rings (SSSR count). The Balaban J connectivity index is 0.913. The van der Waals surface area contributed by atoms with Gasteiger partial charge < -0.3 is 20.2 Å². The molecular formula is C43H46N4O4. The number of fused-ring (bicyclic) bond motifs is 1. The van der Waals surface area contributed by atoms with Crippen molar-refractivity contribution in [1.82, 2.24) is 15.1 Å². The number of carbonyl (C=O) groups is 3. The Labute approximate surface area is 300 Å². The number of allylic oxidation sites excluding steroid dienone is 1. The lowest BCUT2D eigenvalue weighted by atomic mass is 9.85. The van der Waals surface area contributed by atoms with E-state index in [1.807, 2.05) is 30.3 Å². The van der Waals surface area contributed by atoms with Gasteiger partial charge in [-0.1, -0.05) is 73.7 Å². The molecule has 3 aliphatic rings. The molecule has 262 valence electrons. The molecule has 2 saturated heterocycles. The predicted molar refractivity (Wildman–Crippen MR) is 201 cm³/mol. The molecule has 4 aromatic rings. The number of carbonyl (C=O) groups excluding carboxylic acids is 3. The lowest BCUT2D eigenvalue weighted by Gasteiger charge is -2.32. The number of hydrogen-bond donors (Lipinski definition) is 3. The first-order valence-electron chi connectivity index (χ1n) is 18.3. The molecule has 2 fully saturated rings. The Kier molecular flexibility index (Phi) is 10.3. The summed E-state index contributed by atoms with van der Waals surface area (Å²) >= 11 is 0. The van der Waals surface area contributed by atoms with Crippen LogP contribution < -0.4 is 10.6 Å². The minimum atomic E-state index is -0.594. The topological polar surface area (TPSA) is 102 Å². The van der Waals surface area contributed by atoms with Crippen molar-refractivity contribution in [3.05, 3.63) is 130 Å². The summed E-state index contributed by atoms with van der Waals surface area (Å²) in [4.78, 5) is 41.1. The molecule has 1 atom stereocenters. The zero-order valence-electron chi connectivity index (χ0n) is 29.2. The molecule has 3 N–H and O–H groups in total. The lowest BCUT2D eigenvalue weighted by Crippen LogP contribution is -2.52. The Morgan fingerprint density at radius 3 is 2.24 bits per heavy atom. The second kappa shape index (κ2) is 15.4. The van der Waals surface area contributed by atoms with Crippen molar-refractivity contribution >= 4 is 34.6 Å². The van der Waals surface area contributed by atoms with Gasteiger partial charge in [0.25, 0.3) is 5.91 Å². The number of benzene rings is 4. The van der Waals surface area contributed by atoms with Gasteiger partial charge in [0.15, 0.2) is 0 Å². The van der Waals surface area contributed by atoms with E-state index in [2.05, 4.69) is 77.1 Å². The van der Waals surface area contributed by atoms with Crippen LogP contribution in [0.4, 0.5) is 5.69 Å². The van der Waals surface area contributed by atoms with Gasteiger partial charge in [0, 0.05) is 30.8 Å². The summed E-state index contributed by atoms with van der Waals surface area (Å²) in [6.45, 7) is 6.62. The van der Waals surface area contributed by atoms with E-state index in [-0.39, 0.29) is 29.9 Å². The first-order chi connectivity index (χ1) is 24.9. The third kappa shape index (κ3) is 7.61. The Hall–Kier alpha value is -5.21. The highest BCUT2D eigenvalue weighted by Gasteiger charge is 2.39. The van der Waals surface area contributed by atoms with Crippen molar-refractivity contribution < 1.29 is 19.5 Å². The summed E-state index contributed by atoms with van der Waals surface area (Å²) in [5.41, 5.74) is 9.94. The number of hydrogen-bond acceptors (Lipinski definition) is 6. The van der Waals surface area contributed by atoms with E-state index in [0.29, 0.717) is 24.4 Å². The molecule has 1 unspecified atom stereocenters. The van der Waals surface area contributed by atoms with Crippen molar-refractivity contribution in [2.75, 3.05) is 31.5 Å². The van der Waals surface area contributed by atoms with Crippen LogP contribution in [0.25, 0.3) is 11.1 Å². The van der Waals surface area contributed by atoms with Gasteiger partial charge in [-0.05, 0) is 127 Å². The SMILES string of the molecule is CCC(=C(c1ccc(O)cc1)c1ccc(C2CCN(CCCNc3ccc4c(c3)CN(C3CCC(=O)NC3=O)C4=O)CC2)cc1)c1ccccc1. The van der Waals surface area contributed by atoms with Gasteiger partial charge in [-0.15, -0.1) is 0 Å². The van der Waals surface area contributed by atoms with Gasteiger partial charge in [0.2, 0.25) is 11.8 Å². The van der Waals surface area contributed by atoms with Crippen molar-refractivity contribution in [2.24, 2.45) is 0 Å². The summed E-state index contributed by atoms with van der Waals surface area (Å²) in [6, 6.07) is 32.5. The fourth-order valence-corrected chi connectivity index (χ4v) is 7.94. The summed E-state index contributed by atoms with van der Waals surface area (Å²) in [6.07, 6.45) is 4.82. The van der Waals surface area contributed by atoms with Crippen LogP contribution in [-0.2, 0) is 16.1 Å². The van der Waals surface area contributed by atoms with E-state index in [1.165, 1.54) is 27.8 Å². The Bertz CT molecular complexity index is 1910. The first kappa shape index (κ1) is 34.2. The molecule has 0 saturated carbocycles. The molecule has 3 heterocycles. The maximum atomic E-state index is 13.0. The summed E-state index contributed by atoms with van der Waals surface area (Å²) < 4.78 is 0. The Morgan fingerprint density at radius 2 is 1.55 bits per heavy atom. The van der Waals surface area contributed by atoms with E-state index >= 15 is 0 Å². The average molecular weight is 683 g/mol. The zero-order chi connectivity index (χ0) is 35.3. The number of piperidine rings is 2. The maximum Gasteiger partial charge on any atom is 0.255 e. The standard InChI is InChI=1S/C43H46N4O4/c1-2-37(31-7-4-3-5-8-31)41(33-13-16-36(48)17-14-33)32-11-9-29(10-12-32)30-21-25-46(26-22-30)24-6-23-44-35-15-18-38-34(27-35)28-47(43(38)51)39-19-20-40(49)45-42(39)50/h3-5,7-18,27,30,39,44,48H,2,6,19-26,28H2,1H3,(H,45,49,50). The predicted octanol–water partition coefficient (Wildman–Crippen LogP) is 7.20. The number of likely N-dealkylation sites (tertiary alicyclic amines) is 1. The molecule has 0 aromatic heterocycles. The third-order valence-electron chi connectivity index (χ3n) is 10.7. The monoisotopic (exact) mass is 682 g/mol. The zero-order valence-corrected chi connectivity index (χ0v) is 29.2. The highest BCUT2D eigenvalue weighted by molar-refractivity contribution is 6.05. The van der Waals surface area contributed by atoms with Crippen molar-refractivity contribution in [3.63, 3.8) is 0 Å². The van der Waals surface area contributed by atoms with Crippen LogP contribution in [0.2, 0.25) is 0 Å². The number of rotatable bonds is 11. The number of nitrogens with one attached hydrogen (secondary N) is 2. The number of imide groups is 1. The number of aromatic hydroxyl groups is 1. The molecule has 3 aliphatic heterocycles. The van der Waals surface area contributed by atoms with Crippen LogP contribution in [0.5, 0.6) is 5.75 Å². The molecule has 8 nitrogen and oxygen atoms in total. The second-order valence-electron chi connectivity index (χ2n) is 13.9. The lowest BCUT2D eigenvalue weighted by molar-refractivity contribution is -0.136. The van der Waals surface area contributed by atoms with Crippen LogP contribution >= 0.6 is 0 Å². The fraction of sp³-hybridized carbons (Fsp3) is 0.326. The minimum absolute atomic E-state index is 0.144. The minimum Gasteiger partial charge on any atom is -0.508 e. The van der Waals surface area contributed by atoms with E-state index in [0.717, 1.165) is 68.7 Å². The highest BCUT2D eigenvalue weighted by atomic mass is 16.3. The quantitative estimate of drug-likeness (QED) is 0.0879. The first-order valence-corrected chi connectivity index (χ1v) is 18.3. The number of amides is 3. The van der Waals surface area contributed by atoms with Crippen LogP contribution in [0.1, 0.15) is 89.5 Å². The molecule has 3 amide bonds. The van der Waals surface area contributed by atoms with Crippen LogP contribution in [0, 0.1) is 0 Å². The average Bonchev–Trinajstić information content (AvgIpc) is 3.48. The van der Waals surface area contributed by atoms with Gasteiger partial charge in [-0.2, -0.15) is 0 Å². The molecule has 4 aromatic carbocycles. The van der Waals surface area contributed by atoms with Crippen LogP contribution in [0.15, 0.2) is 97.1 Å². The smallest absolute Gasteiger partial charge is 0.255 e. The Morgan fingerprint density at radius 1 is 0.843 bits per heavy atom. The van der Waals surface area contributed by atoms with Gasteiger partial charge in [-0.3, -0.25) is 19.7 Å². The maximum absolute atomic E-state index is 13.0. The van der Waals surface area contributed by atoms with Crippen molar-refractivity contribution in [3.8, 4) is 5.75 Å². The normalized spacial score (nSPS) is 18.7. The molecular weight excluding hydrogens is 636 g/mol. The van der Waals surface area contributed by atoms with Crippen LogP contribution in [0.3, 0.4) is 0 Å². The molecule has 0 spiro atoms. The number of phenols is 1. The van der Waals surface area contributed by atoms with Crippen LogP contribution in [-0.4, -0.2) is 64.8 Å². The number of phenolic OH excluding ortho intramolecular Hbond substituents is 1. The van der Waals surface area contributed by atoms with Crippen molar-refractivity contribution in [2.45, 2.75) is 64.0 Å². The third-order valence-corrected chi connectivity index (χ3v) is 10.7. The van der Waals surface area contributed by atoms with Gasteiger partial charge in [0.05, 0.1) is 0 Å². The molecule has 51 heavy (non-hydrogen) atoms. The van der Waals surface area contributed by atoms with E-state index in [9.17, 15) is 19.5 Å². The summed E-state index contributed by atoms with van der Waals surface area (Å²) in [5.74, 6) is 0.0124. The highest BCUT2D eigenvalue weighted by Crippen LogP contribution is 2.37. The summed E-state index contributed by atoms with van der Waals surface area (Å²) in [5, 5.41) is 15.9. The molecule has 0 radical (unpaired) electrons. The van der Waals surface area contributed by atoms with Gasteiger partial charge >= 0.3 is 0 Å². The van der Waals surface area contributed by atoms with Gasteiger partial charge in [-0.25, -0.2) is 0 Å². The second-order valence-corrected chi connectivity index (χ2v) is 13.9. The molecule has 0 bridgehead atoms. The molecule has 0 aliphatic carbocycles. The largest absolute Gasteiger partial charge is 0.508 e. The van der Waals surface area contributed by atoms with E-state index in [4.69, 9.17) is 0 Å². The summed E-state index contributed by atoms with van der Waals surface area (Å²) in [7, 11) is 0. The van der Waals surface area contributed by atoms with E-state index in [1.54, 1.807) is 17.0 Å². The fourth-order valence-electron chi connectivity index (χ4n) is 7.94. The number of nitrogens with zero attached hydrogens (tertiary/aromatic N) is 2. The number of anilines is 1. The molecule has 8 heteroatoms. The van der Waals surface area contributed by atoms with E-state index < -0.39 is 6.04 Å². The van der Waals surface area contributed by atoms with Gasteiger partial charge in [0.1, 0.15) is 11.8 Å².